The van der Waals surface area contributed by atoms with Crippen LogP contribution in [-0.2, 0) is 12.8 Å². The molecule has 2 heterocycles. The lowest BCUT2D eigenvalue weighted by Gasteiger charge is -2.07. The van der Waals surface area contributed by atoms with Crippen LogP contribution in [0.1, 0.15) is 35.6 Å². The number of carbonyl (C=O) groups is 1. The standard InChI is InChI=1S/C13H13F2N5O/c1-3-8-9(4-2)19-20-13(17-8)18-12(21)7-5-6-16-11(15)10(7)14/h5-6H,3-4H2,1-2H3,(H,17,18,20,21). The third kappa shape index (κ3) is 3.15. The molecule has 0 aliphatic heterocycles. The summed E-state index contributed by atoms with van der Waals surface area (Å²) < 4.78 is 26.5. The fourth-order valence-electron chi connectivity index (χ4n) is 1.75. The van der Waals surface area contributed by atoms with Crippen molar-refractivity contribution >= 4 is 11.9 Å². The van der Waals surface area contributed by atoms with Crippen LogP contribution in [0.25, 0.3) is 0 Å². The molecule has 2 aromatic rings. The van der Waals surface area contributed by atoms with Crippen LogP contribution < -0.4 is 5.32 Å². The number of aryl methyl sites for hydroxylation is 2. The first-order valence-electron chi connectivity index (χ1n) is 6.40. The van der Waals surface area contributed by atoms with Gasteiger partial charge in [-0.15, -0.1) is 10.2 Å². The van der Waals surface area contributed by atoms with Gasteiger partial charge in [-0.3, -0.25) is 10.1 Å². The molecule has 0 radical (unpaired) electrons. The minimum atomic E-state index is -1.34. The van der Waals surface area contributed by atoms with Crippen LogP contribution in [-0.4, -0.2) is 26.1 Å². The maximum absolute atomic E-state index is 13.5. The Kier molecular flexibility index (Phi) is 4.46. The van der Waals surface area contributed by atoms with Crippen molar-refractivity contribution in [2.75, 3.05) is 5.32 Å². The van der Waals surface area contributed by atoms with Crippen molar-refractivity contribution in [2.45, 2.75) is 26.7 Å². The summed E-state index contributed by atoms with van der Waals surface area (Å²) in [7, 11) is 0. The summed E-state index contributed by atoms with van der Waals surface area (Å²) in [5, 5.41) is 9.99. The molecule has 1 N–H and O–H groups in total. The van der Waals surface area contributed by atoms with Crippen LogP contribution in [0.5, 0.6) is 0 Å². The molecule has 8 heteroatoms. The second-order valence-electron chi connectivity index (χ2n) is 4.15. The molecule has 0 spiro atoms. The quantitative estimate of drug-likeness (QED) is 0.871. The van der Waals surface area contributed by atoms with E-state index in [0.29, 0.717) is 18.5 Å². The molecule has 21 heavy (non-hydrogen) atoms. The summed E-state index contributed by atoms with van der Waals surface area (Å²) in [6, 6.07) is 1.07. The molecule has 0 aromatic carbocycles. The van der Waals surface area contributed by atoms with Crippen molar-refractivity contribution in [2.24, 2.45) is 0 Å². The van der Waals surface area contributed by atoms with Gasteiger partial charge < -0.3 is 0 Å². The average Bonchev–Trinajstić information content (AvgIpc) is 2.49. The number of hydrogen-bond donors (Lipinski definition) is 1. The number of halogens is 2. The van der Waals surface area contributed by atoms with Crippen molar-refractivity contribution in [1.82, 2.24) is 20.2 Å². The Morgan fingerprint density at radius 2 is 1.90 bits per heavy atom. The second kappa shape index (κ2) is 6.29. The van der Waals surface area contributed by atoms with Gasteiger partial charge in [0.05, 0.1) is 17.0 Å². The van der Waals surface area contributed by atoms with Gasteiger partial charge in [0.25, 0.3) is 5.91 Å². The zero-order chi connectivity index (χ0) is 15.4. The lowest BCUT2D eigenvalue weighted by Crippen LogP contribution is -2.18. The summed E-state index contributed by atoms with van der Waals surface area (Å²) >= 11 is 0. The van der Waals surface area contributed by atoms with E-state index in [1.807, 2.05) is 13.8 Å². The second-order valence-corrected chi connectivity index (χ2v) is 4.15. The van der Waals surface area contributed by atoms with Crippen molar-refractivity contribution in [3.63, 3.8) is 0 Å². The predicted octanol–water partition coefficient (Wildman–Crippen LogP) is 1.92. The van der Waals surface area contributed by atoms with Gasteiger partial charge in [-0.25, -0.2) is 14.4 Å². The van der Waals surface area contributed by atoms with Gasteiger partial charge in [-0.2, -0.15) is 4.39 Å². The van der Waals surface area contributed by atoms with E-state index in [9.17, 15) is 13.6 Å². The monoisotopic (exact) mass is 293 g/mol. The van der Waals surface area contributed by atoms with Gasteiger partial charge in [0.1, 0.15) is 0 Å². The molecule has 2 rings (SSSR count). The Morgan fingerprint density at radius 1 is 1.19 bits per heavy atom. The van der Waals surface area contributed by atoms with Gasteiger partial charge in [0, 0.05) is 6.20 Å². The van der Waals surface area contributed by atoms with Crippen LogP contribution in [0.4, 0.5) is 14.7 Å². The van der Waals surface area contributed by atoms with Gasteiger partial charge in [-0.05, 0) is 18.9 Å². The Hall–Kier alpha value is -2.51. The molecule has 2 aromatic heterocycles. The number of pyridine rings is 1. The van der Waals surface area contributed by atoms with Crippen LogP contribution in [0.15, 0.2) is 12.3 Å². The van der Waals surface area contributed by atoms with E-state index < -0.39 is 23.2 Å². The van der Waals surface area contributed by atoms with E-state index in [4.69, 9.17) is 0 Å². The lowest BCUT2D eigenvalue weighted by molar-refractivity contribution is 0.102. The highest BCUT2D eigenvalue weighted by molar-refractivity contribution is 6.03. The Morgan fingerprint density at radius 3 is 2.57 bits per heavy atom. The van der Waals surface area contributed by atoms with Crippen LogP contribution in [0.2, 0.25) is 0 Å². The summed E-state index contributed by atoms with van der Waals surface area (Å²) in [6.45, 7) is 3.81. The first kappa shape index (κ1) is 14.9. The highest BCUT2D eigenvalue weighted by Gasteiger charge is 2.17. The van der Waals surface area contributed by atoms with Gasteiger partial charge in [-0.1, -0.05) is 13.8 Å². The van der Waals surface area contributed by atoms with E-state index in [2.05, 4.69) is 25.5 Å². The van der Waals surface area contributed by atoms with Crippen molar-refractivity contribution in [3.05, 3.63) is 41.0 Å². The van der Waals surface area contributed by atoms with Crippen LogP contribution in [0, 0.1) is 11.8 Å². The molecule has 0 aliphatic rings. The zero-order valence-electron chi connectivity index (χ0n) is 11.5. The number of amides is 1. The number of carbonyl (C=O) groups excluding carboxylic acids is 1. The first-order valence-corrected chi connectivity index (χ1v) is 6.40. The number of hydrogen-bond acceptors (Lipinski definition) is 5. The van der Waals surface area contributed by atoms with Crippen LogP contribution in [0.3, 0.4) is 0 Å². The van der Waals surface area contributed by atoms with E-state index in [1.165, 1.54) is 0 Å². The number of anilines is 1. The molecule has 0 bridgehead atoms. The summed E-state index contributed by atoms with van der Waals surface area (Å²) in [6.07, 6.45) is 2.30. The SMILES string of the molecule is CCc1nnc(NC(=O)c2ccnc(F)c2F)nc1CC. The fourth-order valence-corrected chi connectivity index (χ4v) is 1.75. The molecule has 0 unspecified atom stereocenters. The Labute approximate surface area is 119 Å². The Bertz CT molecular complexity index is 678. The lowest BCUT2D eigenvalue weighted by atomic mass is 10.2. The third-order valence-electron chi connectivity index (χ3n) is 2.83. The number of aromatic nitrogens is 4. The smallest absolute Gasteiger partial charge is 0.261 e. The summed E-state index contributed by atoms with van der Waals surface area (Å²) in [4.78, 5) is 19.1. The third-order valence-corrected chi connectivity index (χ3v) is 2.83. The van der Waals surface area contributed by atoms with Crippen molar-refractivity contribution < 1.29 is 13.6 Å². The number of nitrogens with zero attached hydrogens (tertiary/aromatic N) is 4. The normalized spacial score (nSPS) is 10.5. The van der Waals surface area contributed by atoms with Gasteiger partial charge in [0.2, 0.25) is 11.9 Å². The topological polar surface area (TPSA) is 80.7 Å². The largest absolute Gasteiger partial charge is 0.289 e. The van der Waals surface area contributed by atoms with Crippen molar-refractivity contribution in [1.29, 1.82) is 0 Å². The molecule has 6 nitrogen and oxygen atoms in total. The van der Waals surface area contributed by atoms with Crippen molar-refractivity contribution in [3.8, 4) is 0 Å². The van der Waals surface area contributed by atoms with E-state index in [1.54, 1.807) is 0 Å². The summed E-state index contributed by atoms with van der Waals surface area (Å²) in [5.74, 6) is -3.56. The zero-order valence-corrected chi connectivity index (χ0v) is 11.5. The van der Waals surface area contributed by atoms with E-state index in [0.717, 1.165) is 18.0 Å². The Balaban J connectivity index is 2.25. The molecule has 0 saturated carbocycles. The predicted molar refractivity (Wildman–Crippen MR) is 70.7 cm³/mol. The fraction of sp³-hybridized carbons (Fsp3) is 0.308. The van der Waals surface area contributed by atoms with E-state index >= 15 is 0 Å². The minimum absolute atomic E-state index is 0.0503. The molecule has 0 saturated heterocycles. The first-order chi connectivity index (χ1) is 10.1. The molecular weight excluding hydrogens is 280 g/mol. The molecule has 0 fully saturated rings. The average molecular weight is 293 g/mol. The molecule has 0 atom stereocenters. The minimum Gasteiger partial charge on any atom is -0.289 e. The molecule has 110 valence electrons. The van der Waals surface area contributed by atoms with Gasteiger partial charge in [0.15, 0.2) is 5.82 Å². The molecular formula is C13H13F2N5O. The summed E-state index contributed by atoms with van der Waals surface area (Å²) in [5.41, 5.74) is 0.963. The number of rotatable bonds is 4. The van der Waals surface area contributed by atoms with Gasteiger partial charge >= 0.3 is 0 Å². The highest BCUT2D eigenvalue weighted by atomic mass is 19.2. The van der Waals surface area contributed by atoms with E-state index in [-0.39, 0.29) is 5.95 Å². The highest BCUT2D eigenvalue weighted by Crippen LogP contribution is 2.12. The molecule has 0 aliphatic carbocycles. The number of nitrogens with one attached hydrogen (secondary N) is 1. The maximum atomic E-state index is 13.5. The maximum Gasteiger partial charge on any atom is 0.261 e. The molecule has 1 amide bonds. The van der Waals surface area contributed by atoms with Crippen LogP contribution >= 0.6 is 0 Å².